The molecule has 2 saturated heterocycles. The molecule has 274 valence electrons. The van der Waals surface area contributed by atoms with Gasteiger partial charge in [-0.1, -0.05) is 11.6 Å². The van der Waals surface area contributed by atoms with Gasteiger partial charge in [0.1, 0.15) is 6.04 Å². The van der Waals surface area contributed by atoms with Crippen molar-refractivity contribution in [3.8, 4) is 11.3 Å². The van der Waals surface area contributed by atoms with E-state index in [1.807, 2.05) is 9.80 Å². The van der Waals surface area contributed by atoms with Crippen molar-refractivity contribution in [2.45, 2.75) is 37.0 Å². The number of imidazole rings is 1. The minimum Gasteiger partial charge on any atom is -0.349 e. The van der Waals surface area contributed by atoms with Gasteiger partial charge in [-0.2, -0.15) is 18.3 Å². The third-order valence-electron chi connectivity index (χ3n) is 10.1. The van der Waals surface area contributed by atoms with Crippen LogP contribution in [0.2, 0.25) is 5.02 Å². The van der Waals surface area contributed by atoms with Crippen LogP contribution in [0, 0.1) is 11.8 Å². The van der Waals surface area contributed by atoms with Gasteiger partial charge < -0.3 is 30.7 Å². The molecule has 1 unspecified atom stereocenters. The van der Waals surface area contributed by atoms with Gasteiger partial charge in [-0.15, -0.1) is 0 Å². The van der Waals surface area contributed by atoms with Crippen LogP contribution in [0.15, 0.2) is 30.6 Å². The summed E-state index contributed by atoms with van der Waals surface area (Å²) in [4.78, 5) is 49.3. The molecule has 4 atom stereocenters. The third kappa shape index (κ3) is 6.87. The highest BCUT2D eigenvalue weighted by molar-refractivity contribution is 6.34. The largest absolute Gasteiger partial charge is 0.435 e. The molecule has 0 bridgehead atoms. The number of aromatic nitrogens is 4. The van der Waals surface area contributed by atoms with Crippen LogP contribution in [0.4, 0.5) is 32.4 Å². The quantitative estimate of drug-likeness (QED) is 0.285. The van der Waals surface area contributed by atoms with Crippen LogP contribution in [0.3, 0.4) is 0 Å². The maximum atomic E-state index is 13.8. The number of hydrogen-bond acceptors (Lipinski definition) is 7. The summed E-state index contributed by atoms with van der Waals surface area (Å²) in [6.07, 6.45) is -2.71. The number of amides is 4. The number of hydrogen-bond donors (Lipinski definition) is 3. The van der Waals surface area contributed by atoms with E-state index < -0.39 is 47.6 Å². The monoisotopic (exact) mass is 738 g/mol. The van der Waals surface area contributed by atoms with Gasteiger partial charge in [0, 0.05) is 82.5 Å². The number of halogens is 6. The number of benzene rings is 1. The number of likely N-dealkylation sites (tertiary alicyclic amines) is 1. The van der Waals surface area contributed by atoms with Gasteiger partial charge in [-0.3, -0.25) is 19.2 Å². The number of carbonyl (C=O) groups excluding carboxylic acids is 3. The fraction of sp³-hybridized carbons (Fsp3) is 0.531. The predicted molar refractivity (Wildman–Crippen MR) is 174 cm³/mol. The molecule has 4 aliphatic rings. The maximum absolute atomic E-state index is 13.8. The zero-order valence-electron chi connectivity index (χ0n) is 27.5. The molecule has 2 saturated carbocycles. The topological polar surface area (TPSA) is 147 Å². The average Bonchev–Trinajstić information content (AvgIpc) is 3.58. The number of fused-ring (bicyclic) bond motifs is 1. The van der Waals surface area contributed by atoms with E-state index in [0.717, 1.165) is 43.0 Å². The molecule has 4 heterocycles. The number of anilines is 1. The molecule has 4 amide bonds. The van der Waals surface area contributed by atoms with Crippen LogP contribution in [0.1, 0.15) is 45.6 Å². The molecule has 4 fully saturated rings. The second-order valence-electron chi connectivity index (χ2n) is 13.5. The van der Waals surface area contributed by atoms with Crippen molar-refractivity contribution in [3.63, 3.8) is 0 Å². The number of urea groups is 1. The Labute approximate surface area is 293 Å². The van der Waals surface area contributed by atoms with Crippen molar-refractivity contribution < 1.29 is 36.3 Å². The van der Waals surface area contributed by atoms with Crippen LogP contribution in [0.25, 0.3) is 11.3 Å². The highest BCUT2D eigenvalue weighted by Crippen LogP contribution is 2.53. The molecule has 51 heavy (non-hydrogen) atoms. The highest BCUT2D eigenvalue weighted by atomic mass is 35.5. The van der Waals surface area contributed by atoms with Crippen molar-refractivity contribution in [1.29, 1.82) is 0 Å². The molecule has 2 aliphatic heterocycles. The van der Waals surface area contributed by atoms with Crippen molar-refractivity contribution in [2.75, 3.05) is 57.7 Å². The number of carbonyl (C=O) groups is 3. The van der Waals surface area contributed by atoms with E-state index in [0.29, 0.717) is 37.4 Å². The Morgan fingerprint density at radius 2 is 1.75 bits per heavy atom. The van der Waals surface area contributed by atoms with Gasteiger partial charge >= 0.3 is 12.2 Å². The second-order valence-corrected chi connectivity index (χ2v) is 13.9. The van der Waals surface area contributed by atoms with E-state index in [4.69, 9.17) is 17.3 Å². The van der Waals surface area contributed by atoms with E-state index in [1.54, 1.807) is 0 Å². The number of nitrogens with zero attached hydrogens (tertiary/aromatic N) is 7. The molecule has 19 heteroatoms. The number of piperidine rings is 1. The summed E-state index contributed by atoms with van der Waals surface area (Å²) in [6, 6.07) is 2.71. The summed E-state index contributed by atoms with van der Waals surface area (Å²) in [6.45, 7) is 5.70. The first-order chi connectivity index (χ1) is 24.2. The Balaban J connectivity index is 0.935. The lowest BCUT2D eigenvalue weighted by atomic mass is 10.2. The number of rotatable bonds is 9. The molecule has 0 spiro atoms. The predicted octanol–water partition coefficient (Wildman–Crippen LogP) is 3.53. The molecule has 1 aromatic carbocycles. The number of nitrogens with two attached hydrogens (primary N) is 1. The summed E-state index contributed by atoms with van der Waals surface area (Å²) < 4.78 is 70.2. The van der Waals surface area contributed by atoms with Crippen molar-refractivity contribution in [3.05, 3.63) is 52.7 Å². The van der Waals surface area contributed by atoms with Gasteiger partial charge in [0.2, 0.25) is 0 Å². The smallest absolute Gasteiger partial charge is 0.349 e. The summed E-state index contributed by atoms with van der Waals surface area (Å²) >= 11 is 6.43. The van der Waals surface area contributed by atoms with E-state index in [-0.39, 0.29) is 51.7 Å². The molecule has 0 radical (unpaired) electrons. The lowest BCUT2D eigenvalue weighted by Crippen LogP contribution is -2.53. The fourth-order valence-corrected chi connectivity index (χ4v) is 7.34. The molecular weight excluding hydrogens is 703 g/mol. The van der Waals surface area contributed by atoms with E-state index >= 15 is 0 Å². The lowest BCUT2D eigenvalue weighted by Gasteiger charge is -2.37. The average molecular weight is 739 g/mol. The van der Waals surface area contributed by atoms with Crippen molar-refractivity contribution in [1.82, 2.24) is 39.3 Å². The first-order valence-electron chi connectivity index (χ1n) is 16.6. The minimum atomic E-state index is -4.94. The Morgan fingerprint density at radius 3 is 2.35 bits per heavy atom. The number of piperazine rings is 1. The molecule has 3 aromatic rings. The standard InChI is InChI=1S/C32H36ClF5N10O3/c1-44-23(21-16-48(24-12-31(24,34)35)43-26(21)32(36,37)38)13-40-27(44)29(50)41-17-3-4-18(22(33)11-17)28(49)42-25-19-14-47(15-20(19)25)30(51)46-9-7-45(8-10-46)6-2-5-39/h3-4,11,13,16,19-20,24-25H,2,5-10,12,14-15,39H2,1H3,(H,41,50)(H,42,49)/t19-,20+,24?,25+. The third-order valence-corrected chi connectivity index (χ3v) is 10.4. The van der Waals surface area contributed by atoms with E-state index in [1.165, 1.54) is 25.2 Å². The molecule has 13 nitrogen and oxygen atoms in total. The number of alkyl halides is 5. The summed E-state index contributed by atoms with van der Waals surface area (Å²) in [5.74, 6) is -4.30. The normalized spacial score (nSPS) is 24.0. The lowest BCUT2D eigenvalue weighted by molar-refractivity contribution is -0.141. The summed E-state index contributed by atoms with van der Waals surface area (Å²) in [5, 5.41) is 9.01. The first kappa shape index (κ1) is 35.1. The minimum absolute atomic E-state index is 0.0243. The molecule has 2 aliphatic carbocycles. The fourth-order valence-electron chi connectivity index (χ4n) is 7.07. The van der Waals surface area contributed by atoms with Gasteiger partial charge in [0.15, 0.2) is 11.5 Å². The molecule has 2 aromatic heterocycles. The molecule has 4 N–H and O–H groups in total. The van der Waals surface area contributed by atoms with Gasteiger partial charge in [-0.05, 0) is 37.7 Å². The van der Waals surface area contributed by atoms with Crippen molar-refractivity contribution in [2.24, 2.45) is 24.6 Å². The second kappa shape index (κ2) is 13.0. The van der Waals surface area contributed by atoms with Gasteiger partial charge in [0.05, 0.1) is 28.0 Å². The Morgan fingerprint density at radius 1 is 1.06 bits per heavy atom. The first-order valence-corrected chi connectivity index (χ1v) is 17.0. The Bertz CT molecular complexity index is 1840. The van der Waals surface area contributed by atoms with Crippen LogP contribution < -0.4 is 16.4 Å². The Kier molecular flexibility index (Phi) is 8.98. The van der Waals surface area contributed by atoms with Crippen LogP contribution in [-0.2, 0) is 13.2 Å². The number of nitrogens with one attached hydrogen (secondary N) is 2. The molecule has 7 rings (SSSR count). The van der Waals surface area contributed by atoms with E-state index in [2.05, 4.69) is 25.6 Å². The van der Waals surface area contributed by atoms with E-state index in [9.17, 15) is 36.3 Å². The zero-order valence-corrected chi connectivity index (χ0v) is 28.2. The molecular formula is C32H36ClF5N10O3. The van der Waals surface area contributed by atoms with Gasteiger partial charge in [0.25, 0.3) is 17.7 Å². The Hall–Kier alpha value is -4.29. The highest BCUT2D eigenvalue weighted by Gasteiger charge is 2.60. The van der Waals surface area contributed by atoms with Crippen LogP contribution in [-0.4, -0.2) is 116 Å². The zero-order chi connectivity index (χ0) is 36.4. The van der Waals surface area contributed by atoms with Gasteiger partial charge in [-0.25, -0.2) is 18.6 Å². The summed E-state index contributed by atoms with van der Waals surface area (Å²) in [7, 11) is 1.31. The van der Waals surface area contributed by atoms with Crippen LogP contribution >= 0.6 is 11.6 Å². The maximum Gasteiger partial charge on any atom is 0.435 e. The summed E-state index contributed by atoms with van der Waals surface area (Å²) in [5.41, 5.74) is 3.96. The van der Waals surface area contributed by atoms with Crippen molar-refractivity contribution >= 4 is 35.1 Å². The SMILES string of the molecule is Cn1c(-c2cn(C3CC3(F)F)nc2C(F)(F)F)cnc1C(=O)Nc1ccc(C(=O)N[C@H]2[C@@H]3CN(C(=O)N4CCN(CCCN)CC4)C[C@@H]32)c(Cl)c1. The van der Waals surface area contributed by atoms with Crippen LogP contribution in [0.5, 0.6) is 0 Å².